The number of aromatic amines is 1. The van der Waals surface area contributed by atoms with Gasteiger partial charge in [-0.3, -0.25) is 4.57 Å². The van der Waals surface area contributed by atoms with Crippen LogP contribution in [-0.4, -0.2) is 26.6 Å². The molecule has 0 spiro atoms. The highest BCUT2D eigenvalue weighted by atomic mass is 32.2. The van der Waals surface area contributed by atoms with Crippen molar-refractivity contribution in [1.29, 1.82) is 0 Å². The van der Waals surface area contributed by atoms with E-state index in [0.29, 0.717) is 5.16 Å². The van der Waals surface area contributed by atoms with Gasteiger partial charge in [-0.2, -0.15) is 0 Å². The molecule has 0 fully saturated rings. The smallest absolute Gasteiger partial charge is 0.309 e. The van der Waals surface area contributed by atoms with Crippen molar-refractivity contribution in [1.82, 2.24) is 20.1 Å². The SMILES string of the molecule is CCNC(c1ccc(C)cc1)C(C)Sc1n[nH]c(=O)n1C. The van der Waals surface area contributed by atoms with Gasteiger partial charge in [-0.1, -0.05) is 55.4 Å². The minimum Gasteiger partial charge on any atom is -0.309 e. The van der Waals surface area contributed by atoms with Crippen LogP contribution < -0.4 is 11.0 Å². The predicted molar refractivity (Wildman–Crippen MR) is 86.7 cm³/mol. The first-order chi connectivity index (χ1) is 10.0. The Labute approximate surface area is 129 Å². The van der Waals surface area contributed by atoms with Gasteiger partial charge in [-0.05, 0) is 19.0 Å². The van der Waals surface area contributed by atoms with Crippen LogP contribution in [0, 0.1) is 6.92 Å². The van der Waals surface area contributed by atoms with Crippen molar-refractivity contribution in [3.8, 4) is 0 Å². The zero-order valence-electron chi connectivity index (χ0n) is 12.9. The average Bonchev–Trinajstić information content (AvgIpc) is 2.78. The lowest BCUT2D eigenvalue weighted by atomic mass is 10.0. The maximum absolute atomic E-state index is 11.4. The Morgan fingerprint density at radius 2 is 2.05 bits per heavy atom. The Morgan fingerprint density at radius 3 is 2.57 bits per heavy atom. The fraction of sp³-hybridized carbons (Fsp3) is 0.467. The summed E-state index contributed by atoms with van der Waals surface area (Å²) in [5.74, 6) is 0. The van der Waals surface area contributed by atoms with Crippen LogP contribution in [0.5, 0.6) is 0 Å². The van der Waals surface area contributed by atoms with Crippen LogP contribution in [0.2, 0.25) is 0 Å². The second kappa shape index (κ2) is 6.95. The number of hydrogen-bond acceptors (Lipinski definition) is 4. The van der Waals surface area contributed by atoms with E-state index in [1.54, 1.807) is 23.4 Å². The molecule has 0 radical (unpaired) electrons. The number of thioether (sulfide) groups is 1. The van der Waals surface area contributed by atoms with Gasteiger partial charge in [0.05, 0.1) is 0 Å². The maximum atomic E-state index is 11.4. The van der Waals surface area contributed by atoms with Crippen LogP contribution in [0.1, 0.15) is 31.0 Å². The Balaban J connectivity index is 2.19. The van der Waals surface area contributed by atoms with E-state index in [0.717, 1.165) is 6.54 Å². The first-order valence-electron chi connectivity index (χ1n) is 7.11. The molecular formula is C15H22N4OS. The van der Waals surface area contributed by atoms with Gasteiger partial charge in [-0.25, -0.2) is 9.89 Å². The molecule has 21 heavy (non-hydrogen) atoms. The van der Waals surface area contributed by atoms with Crippen LogP contribution in [0.3, 0.4) is 0 Å². The Morgan fingerprint density at radius 1 is 1.38 bits per heavy atom. The maximum Gasteiger partial charge on any atom is 0.343 e. The van der Waals surface area contributed by atoms with Gasteiger partial charge in [-0.15, -0.1) is 5.10 Å². The fourth-order valence-electron chi connectivity index (χ4n) is 2.22. The molecule has 0 aliphatic rings. The summed E-state index contributed by atoms with van der Waals surface area (Å²) in [6, 6.07) is 8.78. The lowest BCUT2D eigenvalue weighted by molar-refractivity contribution is 0.546. The van der Waals surface area contributed by atoms with Crippen LogP contribution in [0.4, 0.5) is 0 Å². The van der Waals surface area contributed by atoms with Crippen molar-refractivity contribution < 1.29 is 0 Å². The topological polar surface area (TPSA) is 62.7 Å². The van der Waals surface area contributed by atoms with Crippen molar-refractivity contribution in [2.75, 3.05) is 6.54 Å². The van der Waals surface area contributed by atoms with Crippen molar-refractivity contribution in [2.45, 2.75) is 37.2 Å². The summed E-state index contributed by atoms with van der Waals surface area (Å²) in [4.78, 5) is 11.4. The molecule has 2 unspecified atom stereocenters. The Kier molecular flexibility index (Phi) is 5.25. The first kappa shape index (κ1) is 15.9. The van der Waals surface area contributed by atoms with Gasteiger partial charge in [0.2, 0.25) is 0 Å². The largest absolute Gasteiger partial charge is 0.343 e. The number of aromatic nitrogens is 3. The molecule has 0 aliphatic heterocycles. The van der Waals surface area contributed by atoms with Crippen LogP contribution in [0.15, 0.2) is 34.2 Å². The molecule has 5 nitrogen and oxygen atoms in total. The molecule has 1 aromatic heterocycles. The fourth-order valence-corrected chi connectivity index (χ4v) is 3.28. The van der Waals surface area contributed by atoms with Crippen LogP contribution >= 0.6 is 11.8 Å². The molecule has 2 aromatic rings. The highest BCUT2D eigenvalue weighted by molar-refractivity contribution is 7.99. The summed E-state index contributed by atoms with van der Waals surface area (Å²) in [7, 11) is 1.73. The standard InChI is InChI=1S/C15H22N4OS/c1-5-16-13(12-8-6-10(2)7-9-12)11(3)21-15-18-17-14(20)19(15)4/h6-9,11,13,16H,5H2,1-4H3,(H,17,20). The summed E-state index contributed by atoms with van der Waals surface area (Å²) in [5, 5.41) is 11.0. The molecule has 114 valence electrons. The van der Waals surface area contributed by atoms with Gasteiger partial charge in [0.1, 0.15) is 0 Å². The summed E-state index contributed by atoms with van der Waals surface area (Å²) in [6.07, 6.45) is 0. The monoisotopic (exact) mass is 306 g/mol. The molecule has 1 heterocycles. The molecule has 0 bridgehead atoms. The van der Waals surface area contributed by atoms with E-state index < -0.39 is 0 Å². The molecule has 0 saturated carbocycles. The van der Waals surface area contributed by atoms with E-state index >= 15 is 0 Å². The molecule has 6 heteroatoms. The van der Waals surface area contributed by atoms with Gasteiger partial charge < -0.3 is 5.32 Å². The number of hydrogen-bond donors (Lipinski definition) is 2. The quantitative estimate of drug-likeness (QED) is 0.804. The minimum absolute atomic E-state index is 0.181. The zero-order valence-corrected chi connectivity index (χ0v) is 13.7. The first-order valence-corrected chi connectivity index (χ1v) is 7.99. The molecule has 0 saturated heterocycles. The molecule has 0 aliphatic carbocycles. The van der Waals surface area contributed by atoms with Crippen molar-refractivity contribution >= 4 is 11.8 Å². The number of H-pyrrole nitrogens is 1. The van der Waals surface area contributed by atoms with Crippen molar-refractivity contribution in [3.63, 3.8) is 0 Å². The van der Waals surface area contributed by atoms with E-state index in [4.69, 9.17) is 0 Å². The second-order valence-electron chi connectivity index (χ2n) is 5.14. The van der Waals surface area contributed by atoms with Gasteiger partial charge >= 0.3 is 5.69 Å². The van der Waals surface area contributed by atoms with Gasteiger partial charge in [0.25, 0.3) is 0 Å². The molecule has 2 atom stereocenters. The van der Waals surface area contributed by atoms with Gasteiger partial charge in [0.15, 0.2) is 5.16 Å². The predicted octanol–water partition coefficient (Wildman–Crippen LogP) is 2.25. The van der Waals surface area contributed by atoms with E-state index in [1.165, 1.54) is 11.1 Å². The van der Waals surface area contributed by atoms with Crippen molar-refractivity contribution in [3.05, 3.63) is 45.9 Å². The third-order valence-electron chi connectivity index (χ3n) is 3.46. The van der Waals surface area contributed by atoms with Crippen LogP contribution in [-0.2, 0) is 7.05 Å². The summed E-state index contributed by atoms with van der Waals surface area (Å²) >= 11 is 1.60. The number of rotatable bonds is 6. The molecule has 2 rings (SSSR count). The summed E-state index contributed by atoms with van der Waals surface area (Å²) < 4.78 is 1.54. The highest BCUT2D eigenvalue weighted by Gasteiger charge is 2.21. The van der Waals surface area contributed by atoms with E-state index in [9.17, 15) is 4.79 Å². The number of benzene rings is 1. The highest BCUT2D eigenvalue weighted by Crippen LogP contribution is 2.30. The lowest BCUT2D eigenvalue weighted by Gasteiger charge is -2.24. The number of nitrogens with one attached hydrogen (secondary N) is 2. The summed E-state index contributed by atoms with van der Waals surface area (Å²) in [5.41, 5.74) is 2.33. The molecule has 2 N–H and O–H groups in total. The van der Waals surface area contributed by atoms with Crippen molar-refractivity contribution in [2.24, 2.45) is 7.05 Å². The normalized spacial score (nSPS) is 14.1. The zero-order chi connectivity index (χ0) is 15.4. The number of aryl methyl sites for hydroxylation is 1. The molecular weight excluding hydrogens is 284 g/mol. The third-order valence-corrected chi connectivity index (χ3v) is 4.68. The van der Waals surface area contributed by atoms with E-state index in [1.807, 2.05) is 0 Å². The Hall–Kier alpha value is -1.53. The molecule has 1 aromatic carbocycles. The Bertz CT molecular complexity index is 632. The second-order valence-corrected chi connectivity index (χ2v) is 6.48. The number of nitrogens with zero attached hydrogens (tertiary/aromatic N) is 2. The summed E-state index contributed by atoms with van der Waals surface area (Å²) in [6.45, 7) is 7.23. The average molecular weight is 306 g/mol. The van der Waals surface area contributed by atoms with E-state index in [-0.39, 0.29) is 17.0 Å². The van der Waals surface area contributed by atoms with E-state index in [2.05, 4.69) is 60.6 Å². The van der Waals surface area contributed by atoms with Gasteiger partial charge in [0, 0.05) is 18.3 Å². The lowest BCUT2D eigenvalue weighted by Crippen LogP contribution is -2.28. The minimum atomic E-state index is -0.181. The van der Waals surface area contributed by atoms with Crippen LogP contribution in [0.25, 0.3) is 0 Å². The molecule has 0 amide bonds. The third kappa shape index (κ3) is 3.77.